The monoisotopic (exact) mass is 184 g/mol. The van der Waals surface area contributed by atoms with Crippen LogP contribution >= 0.6 is 0 Å². The number of benzene rings is 1. The smallest absolute Gasteiger partial charge is 0.296 e. The van der Waals surface area contributed by atoms with E-state index in [0.717, 1.165) is 5.56 Å². The van der Waals surface area contributed by atoms with Gasteiger partial charge in [-0.25, -0.2) is 0 Å². The first-order valence-electron chi connectivity index (χ1n) is 3.89. The Balaban J connectivity index is 3.23. The predicted molar refractivity (Wildman–Crippen MR) is 45.9 cm³/mol. The molecule has 1 nitrogen and oxygen atoms in total. The summed E-state index contributed by atoms with van der Waals surface area (Å²) < 4.78 is 25.8. The van der Waals surface area contributed by atoms with Crippen LogP contribution in [0, 0.1) is 13.8 Å². The average Bonchev–Trinajstić information content (AvgIpc) is 2.03. The minimum absolute atomic E-state index is 0.215. The number of halogens is 2. The maximum atomic E-state index is 12.9. The quantitative estimate of drug-likeness (QED) is 0.645. The Kier molecular flexibility index (Phi) is 2.45. The molecular weight excluding hydrogens is 174 g/mol. The van der Waals surface area contributed by atoms with Gasteiger partial charge in [0.25, 0.3) is 0 Å². The third-order valence-electron chi connectivity index (χ3n) is 1.89. The van der Waals surface area contributed by atoms with Crippen LogP contribution in [-0.2, 0) is 10.7 Å². The SMILES string of the molecule is Cc1ccc(C(F)(F)C=O)c(C)c1. The molecule has 0 saturated carbocycles. The summed E-state index contributed by atoms with van der Waals surface area (Å²) in [7, 11) is 0. The molecule has 0 fully saturated rings. The molecule has 0 heterocycles. The van der Waals surface area contributed by atoms with Crippen LogP contribution < -0.4 is 0 Å². The van der Waals surface area contributed by atoms with Crippen molar-refractivity contribution in [1.29, 1.82) is 0 Å². The van der Waals surface area contributed by atoms with Gasteiger partial charge in [0.15, 0.2) is 6.29 Å². The van der Waals surface area contributed by atoms with Crippen molar-refractivity contribution in [2.45, 2.75) is 19.8 Å². The predicted octanol–water partition coefficient (Wildman–Crippen LogP) is 2.59. The average molecular weight is 184 g/mol. The molecule has 13 heavy (non-hydrogen) atoms. The number of aldehydes is 1. The summed E-state index contributed by atoms with van der Waals surface area (Å²) in [5.41, 5.74) is 1.13. The van der Waals surface area contributed by atoms with Crippen LogP contribution in [0.4, 0.5) is 8.78 Å². The van der Waals surface area contributed by atoms with Crippen molar-refractivity contribution in [3.05, 3.63) is 34.9 Å². The highest BCUT2D eigenvalue weighted by Crippen LogP contribution is 2.28. The first-order valence-corrected chi connectivity index (χ1v) is 3.89. The molecule has 0 aliphatic heterocycles. The molecule has 0 bridgehead atoms. The van der Waals surface area contributed by atoms with Gasteiger partial charge in [-0.3, -0.25) is 4.79 Å². The molecule has 0 saturated heterocycles. The molecule has 1 rings (SSSR count). The number of carbonyl (C=O) groups excluding carboxylic acids is 1. The molecular formula is C10H10F2O. The van der Waals surface area contributed by atoms with E-state index in [4.69, 9.17) is 0 Å². The first kappa shape index (κ1) is 9.84. The zero-order valence-corrected chi connectivity index (χ0v) is 7.47. The summed E-state index contributed by atoms with van der Waals surface area (Å²) >= 11 is 0. The molecule has 3 heteroatoms. The van der Waals surface area contributed by atoms with E-state index in [1.54, 1.807) is 19.1 Å². The maximum Gasteiger partial charge on any atom is 0.327 e. The van der Waals surface area contributed by atoms with Gasteiger partial charge in [0.05, 0.1) is 0 Å². The summed E-state index contributed by atoms with van der Waals surface area (Å²) in [4.78, 5) is 10.1. The number of hydrogen-bond donors (Lipinski definition) is 0. The molecule has 0 atom stereocenters. The van der Waals surface area contributed by atoms with Crippen molar-refractivity contribution in [3.63, 3.8) is 0 Å². The number of alkyl halides is 2. The molecule has 70 valence electrons. The topological polar surface area (TPSA) is 17.1 Å². The Labute approximate surface area is 75.4 Å². The van der Waals surface area contributed by atoms with Gasteiger partial charge < -0.3 is 0 Å². The first-order chi connectivity index (χ1) is 5.97. The van der Waals surface area contributed by atoms with Crippen LogP contribution in [0.2, 0.25) is 0 Å². The van der Waals surface area contributed by atoms with Crippen LogP contribution in [0.3, 0.4) is 0 Å². The maximum absolute atomic E-state index is 12.9. The van der Waals surface area contributed by atoms with Gasteiger partial charge in [-0.2, -0.15) is 8.78 Å². The van der Waals surface area contributed by atoms with E-state index in [0.29, 0.717) is 5.56 Å². The zero-order chi connectivity index (χ0) is 10.1. The molecule has 1 aromatic carbocycles. The standard InChI is InChI=1S/C10H10F2O/c1-7-3-4-9(8(2)5-7)10(11,12)6-13/h3-6H,1-2H3. The van der Waals surface area contributed by atoms with Gasteiger partial charge >= 0.3 is 5.92 Å². The molecule has 0 amide bonds. The number of rotatable bonds is 2. The largest absolute Gasteiger partial charge is 0.327 e. The van der Waals surface area contributed by atoms with Crippen molar-refractivity contribution in [1.82, 2.24) is 0 Å². The Morgan fingerprint density at radius 1 is 1.31 bits per heavy atom. The lowest BCUT2D eigenvalue weighted by Crippen LogP contribution is -2.16. The Hall–Kier alpha value is -1.25. The van der Waals surface area contributed by atoms with Crippen molar-refractivity contribution < 1.29 is 13.6 Å². The van der Waals surface area contributed by atoms with Crippen molar-refractivity contribution in [3.8, 4) is 0 Å². The van der Waals surface area contributed by atoms with Gasteiger partial charge in [-0.15, -0.1) is 0 Å². The molecule has 0 aliphatic carbocycles. The van der Waals surface area contributed by atoms with Crippen molar-refractivity contribution >= 4 is 6.29 Å². The third-order valence-corrected chi connectivity index (χ3v) is 1.89. The summed E-state index contributed by atoms with van der Waals surface area (Å²) in [6, 6.07) is 4.49. The fraction of sp³-hybridized carbons (Fsp3) is 0.300. The minimum Gasteiger partial charge on any atom is -0.296 e. The van der Waals surface area contributed by atoms with E-state index >= 15 is 0 Å². The number of hydrogen-bond acceptors (Lipinski definition) is 1. The second kappa shape index (κ2) is 3.24. The molecule has 0 radical (unpaired) electrons. The van der Waals surface area contributed by atoms with E-state index in [9.17, 15) is 13.6 Å². The Morgan fingerprint density at radius 3 is 2.38 bits per heavy atom. The normalized spacial score (nSPS) is 11.4. The number of carbonyl (C=O) groups is 1. The van der Waals surface area contributed by atoms with E-state index in [1.165, 1.54) is 6.07 Å². The second-order valence-electron chi connectivity index (χ2n) is 3.06. The molecule has 0 N–H and O–H groups in total. The van der Waals surface area contributed by atoms with Crippen molar-refractivity contribution in [2.24, 2.45) is 0 Å². The van der Waals surface area contributed by atoms with E-state index in [1.807, 2.05) is 6.92 Å². The van der Waals surface area contributed by atoms with Crippen molar-refractivity contribution in [2.75, 3.05) is 0 Å². The summed E-state index contributed by atoms with van der Waals surface area (Å²) in [6.45, 7) is 3.38. The van der Waals surface area contributed by atoms with Gasteiger partial charge in [0.1, 0.15) is 0 Å². The number of aryl methyl sites for hydroxylation is 2. The highest BCUT2D eigenvalue weighted by Gasteiger charge is 2.32. The zero-order valence-electron chi connectivity index (χ0n) is 7.47. The fourth-order valence-corrected chi connectivity index (χ4v) is 1.25. The van der Waals surface area contributed by atoms with Crippen LogP contribution in [0.15, 0.2) is 18.2 Å². The van der Waals surface area contributed by atoms with Crippen LogP contribution in [-0.4, -0.2) is 6.29 Å². The lowest BCUT2D eigenvalue weighted by Gasteiger charge is -2.12. The highest BCUT2D eigenvalue weighted by molar-refractivity contribution is 5.64. The Bertz CT molecular complexity index is 332. The third kappa shape index (κ3) is 1.91. The van der Waals surface area contributed by atoms with Crippen LogP contribution in [0.25, 0.3) is 0 Å². The molecule has 0 aromatic heterocycles. The van der Waals surface area contributed by atoms with Gasteiger partial charge in [-0.05, 0) is 19.4 Å². The lowest BCUT2D eigenvalue weighted by molar-refractivity contribution is -0.130. The van der Waals surface area contributed by atoms with E-state index in [-0.39, 0.29) is 11.8 Å². The molecule has 0 unspecified atom stereocenters. The van der Waals surface area contributed by atoms with Gasteiger partial charge in [-0.1, -0.05) is 23.8 Å². The molecule has 0 spiro atoms. The van der Waals surface area contributed by atoms with E-state index in [2.05, 4.69) is 0 Å². The van der Waals surface area contributed by atoms with Gasteiger partial charge in [0, 0.05) is 5.56 Å². The highest BCUT2D eigenvalue weighted by atomic mass is 19.3. The second-order valence-corrected chi connectivity index (χ2v) is 3.06. The van der Waals surface area contributed by atoms with E-state index < -0.39 is 5.92 Å². The summed E-state index contributed by atoms with van der Waals surface area (Å²) in [5.74, 6) is -3.36. The van der Waals surface area contributed by atoms with Gasteiger partial charge in [0.2, 0.25) is 0 Å². The summed E-state index contributed by atoms with van der Waals surface area (Å²) in [5, 5.41) is 0. The minimum atomic E-state index is -3.36. The fourth-order valence-electron chi connectivity index (χ4n) is 1.25. The van der Waals surface area contributed by atoms with Crippen LogP contribution in [0.5, 0.6) is 0 Å². The molecule has 1 aromatic rings. The Morgan fingerprint density at radius 2 is 1.92 bits per heavy atom. The van der Waals surface area contributed by atoms with Crippen LogP contribution in [0.1, 0.15) is 16.7 Å². The molecule has 0 aliphatic rings. The lowest BCUT2D eigenvalue weighted by atomic mass is 10.0. The summed E-state index contributed by atoms with van der Waals surface area (Å²) in [6.07, 6.45) is -0.329.